The maximum atomic E-state index is 12.3. The third-order valence-corrected chi connectivity index (χ3v) is 4.98. The molecule has 0 saturated carbocycles. The predicted octanol–water partition coefficient (Wildman–Crippen LogP) is 1.32. The highest BCUT2D eigenvalue weighted by atomic mass is 32.2. The molecule has 21 heavy (non-hydrogen) atoms. The second-order valence-electron chi connectivity index (χ2n) is 5.16. The van der Waals surface area contributed by atoms with Crippen LogP contribution in [0.2, 0.25) is 0 Å². The molecule has 6 nitrogen and oxygen atoms in total. The smallest absolute Gasteiger partial charge is 0.335 e. The van der Waals surface area contributed by atoms with Gasteiger partial charge in [-0.3, -0.25) is 4.79 Å². The number of nitrogens with one attached hydrogen (secondary N) is 1. The van der Waals surface area contributed by atoms with E-state index in [1.807, 2.05) is 13.8 Å². The molecule has 1 atom stereocenters. The van der Waals surface area contributed by atoms with Crippen LogP contribution in [0.1, 0.15) is 31.1 Å². The minimum absolute atomic E-state index is 0.133. The molecule has 2 N–H and O–H groups in total. The number of rotatable bonds is 6. The van der Waals surface area contributed by atoms with Crippen LogP contribution >= 0.6 is 0 Å². The summed E-state index contributed by atoms with van der Waals surface area (Å²) in [7, 11) is -3.92. The normalized spacial score (nSPS) is 13.0. The fourth-order valence-electron chi connectivity index (χ4n) is 1.60. The Balaban J connectivity index is 3.02. The Hall–Kier alpha value is -1.89. The molecule has 1 unspecified atom stereocenters. The third-order valence-electron chi connectivity index (χ3n) is 2.93. The van der Waals surface area contributed by atoms with E-state index < -0.39 is 27.0 Å². The number of sulfone groups is 1. The van der Waals surface area contributed by atoms with Crippen molar-refractivity contribution in [1.29, 1.82) is 0 Å². The number of amides is 1. The summed E-state index contributed by atoms with van der Waals surface area (Å²) in [5, 5.41) is 10.2. The summed E-state index contributed by atoms with van der Waals surface area (Å²) in [5.74, 6) is -1.60. The van der Waals surface area contributed by atoms with Gasteiger partial charge in [0.1, 0.15) is 5.25 Å². The molecule has 0 aliphatic rings. The largest absolute Gasteiger partial charge is 0.478 e. The standard InChI is InChI=1S/C14H19NO5S/c1-9(2)8-15-13(16)10(3)21(19,20)12-6-4-5-11(7-12)14(17)18/h4-7,9-10H,8H2,1-3H3,(H,15,16)(H,17,18). The van der Waals surface area contributed by atoms with Crippen molar-refractivity contribution in [3.63, 3.8) is 0 Å². The van der Waals surface area contributed by atoms with E-state index in [9.17, 15) is 18.0 Å². The molecule has 0 aliphatic carbocycles. The number of carboxylic acids is 1. The fraction of sp³-hybridized carbons (Fsp3) is 0.429. The van der Waals surface area contributed by atoms with Crippen molar-refractivity contribution in [3.8, 4) is 0 Å². The van der Waals surface area contributed by atoms with Gasteiger partial charge in [0.2, 0.25) is 5.91 Å². The number of carboxylic acid groups (broad SMARTS) is 1. The highest BCUT2D eigenvalue weighted by Crippen LogP contribution is 2.18. The van der Waals surface area contributed by atoms with Gasteiger partial charge in [0.25, 0.3) is 0 Å². The number of carbonyl (C=O) groups excluding carboxylic acids is 1. The van der Waals surface area contributed by atoms with Crippen molar-refractivity contribution in [3.05, 3.63) is 29.8 Å². The summed E-state index contributed by atoms with van der Waals surface area (Å²) >= 11 is 0. The van der Waals surface area contributed by atoms with Crippen molar-refractivity contribution in [2.45, 2.75) is 30.9 Å². The van der Waals surface area contributed by atoms with Crippen LogP contribution in [0.15, 0.2) is 29.2 Å². The molecule has 0 bridgehead atoms. The molecule has 0 heterocycles. The molecule has 0 spiro atoms. The minimum Gasteiger partial charge on any atom is -0.478 e. The van der Waals surface area contributed by atoms with E-state index >= 15 is 0 Å². The lowest BCUT2D eigenvalue weighted by Gasteiger charge is -2.14. The zero-order chi connectivity index (χ0) is 16.2. The molecule has 0 saturated heterocycles. The first-order valence-corrected chi connectivity index (χ1v) is 8.06. The molecule has 0 aliphatic heterocycles. The molecular formula is C14H19NO5S. The molecule has 1 amide bonds. The van der Waals surface area contributed by atoms with Crippen LogP contribution in [0.5, 0.6) is 0 Å². The summed E-state index contributed by atoms with van der Waals surface area (Å²) < 4.78 is 24.7. The SMILES string of the molecule is CC(C)CNC(=O)C(C)S(=O)(=O)c1cccc(C(=O)O)c1. The number of carbonyl (C=O) groups is 2. The molecule has 1 rings (SSSR count). The van der Waals surface area contributed by atoms with Gasteiger partial charge in [-0.1, -0.05) is 19.9 Å². The van der Waals surface area contributed by atoms with Crippen molar-refractivity contribution < 1.29 is 23.1 Å². The molecular weight excluding hydrogens is 294 g/mol. The Labute approximate surface area is 124 Å². The average Bonchev–Trinajstić information content (AvgIpc) is 2.43. The lowest BCUT2D eigenvalue weighted by Crippen LogP contribution is -2.39. The number of benzene rings is 1. The Bertz CT molecular complexity index is 637. The van der Waals surface area contributed by atoms with Gasteiger partial charge < -0.3 is 10.4 Å². The van der Waals surface area contributed by atoms with E-state index in [2.05, 4.69) is 5.32 Å². The Kier molecular flexibility index (Phi) is 5.48. The molecule has 0 aromatic heterocycles. The number of aromatic carboxylic acids is 1. The zero-order valence-corrected chi connectivity index (χ0v) is 13.0. The predicted molar refractivity (Wildman–Crippen MR) is 77.9 cm³/mol. The number of hydrogen-bond acceptors (Lipinski definition) is 4. The topological polar surface area (TPSA) is 101 Å². The fourth-order valence-corrected chi connectivity index (χ4v) is 2.93. The van der Waals surface area contributed by atoms with Crippen molar-refractivity contribution in [1.82, 2.24) is 5.32 Å². The van der Waals surface area contributed by atoms with Crippen molar-refractivity contribution in [2.24, 2.45) is 5.92 Å². The van der Waals surface area contributed by atoms with Crippen LogP contribution in [-0.2, 0) is 14.6 Å². The number of hydrogen-bond donors (Lipinski definition) is 2. The van der Waals surface area contributed by atoms with E-state index in [4.69, 9.17) is 5.11 Å². The van der Waals surface area contributed by atoms with E-state index in [-0.39, 0.29) is 16.4 Å². The highest BCUT2D eigenvalue weighted by molar-refractivity contribution is 7.92. The Morgan fingerprint density at radius 2 is 1.86 bits per heavy atom. The lowest BCUT2D eigenvalue weighted by atomic mass is 10.2. The summed E-state index contributed by atoms with van der Waals surface area (Å²) in [4.78, 5) is 22.6. The van der Waals surface area contributed by atoms with Gasteiger partial charge in [0, 0.05) is 6.54 Å². The third kappa shape index (κ3) is 4.29. The van der Waals surface area contributed by atoms with Crippen molar-refractivity contribution in [2.75, 3.05) is 6.54 Å². The van der Waals surface area contributed by atoms with Gasteiger partial charge in [-0.05, 0) is 31.0 Å². The second kappa shape index (κ2) is 6.71. The molecule has 1 aromatic rings. The molecule has 1 aromatic carbocycles. The quantitative estimate of drug-likeness (QED) is 0.825. The summed E-state index contributed by atoms with van der Waals surface area (Å²) in [5.41, 5.74) is -0.133. The first-order valence-electron chi connectivity index (χ1n) is 6.51. The first-order chi connectivity index (χ1) is 9.66. The van der Waals surface area contributed by atoms with Crippen LogP contribution in [0, 0.1) is 5.92 Å². The summed E-state index contributed by atoms with van der Waals surface area (Å²) in [6.07, 6.45) is 0. The molecule has 116 valence electrons. The Morgan fingerprint density at radius 3 is 2.38 bits per heavy atom. The summed E-state index contributed by atoms with van der Waals surface area (Å²) in [6, 6.07) is 4.98. The molecule has 0 fully saturated rings. The molecule has 0 radical (unpaired) electrons. The van der Waals surface area contributed by atoms with E-state index in [1.165, 1.54) is 25.1 Å². The molecule has 7 heteroatoms. The van der Waals surface area contributed by atoms with Gasteiger partial charge >= 0.3 is 5.97 Å². The van der Waals surface area contributed by atoms with E-state index in [0.717, 1.165) is 6.07 Å². The van der Waals surface area contributed by atoms with E-state index in [1.54, 1.807) is 0 Å². The van der Waals surface area contributed by atoms with Gasteiger partial charge in [-0.15, -0.1) is 0 Å². The average molecular weight is 313 g/mol. The van der Waals surface area contributed by atoms with E-state index in [0.29, 0.717) is 6.54 Å². The first kappa shape index (κ1) is 17.2. The maximum absolute atomic E-state index is 12.3. The minimum atomic E-state index is -3.92. The maximum Gasteiger partial charge on any atom is 0.335 e. The van der Waals surface area contributed by atoms with Crippen LogP contribution < -0.4 is 5.32 Å². The second-order valence-corrected chi connectivity index (χ2v) is 7.43. The van der Waals surface area contributed by atoms with Gasteiger partial charge in [0.05, 0.1) is 10.5 Å². The van der Waals surface area contributed by atoms with Crippen LogP contribution in [0.25, 0.3) is 0 Å². The van der Waals surface area contributed by atoms with Crippen LogP contribution in [-0.4, -0.2) is 37.2 Å². The van der Waals surface area contributed by atoms with Crippen LogP contribution in [0.4, 0.5) is 0 Å². The zero-order valence-electron chi connectivity index (χ0n) is 12.2. The monoisotopic (exact) mass is 313 g/mol. The highest BCUT2D eigenvalue weighted by Gasteiger charge is 2.30. The summed E-state index contributed by atoms with van der Waals surface area (Å²) in [6.45, 7) is 5.47. The van der Waals surface area contributed by atoms with Gasteiger partial charge in [-0.25, -0.2) is 13.2 Å². The Morgan fingerprint density at radius 1 is 1.24 bits per heavy atom. The lowest BCUT2D eigenvalue weighted by molar-refractivity contribution is -0.120. The van der Waals surface area contributed by atoms with Crippen molar-refractivity contribution >= 4 is 21.7 Å². The van der Waals surface area contributed by atoms with Crippen LogP contribution in [0.3, 0.4) is 0 Å². The van der Waals surface area contributed by atoms with Gasteiger partial charge in [0.15, 0.2) is 9.84 Å². The van der Waals surface area contributed by atoms with Gasteiger partial charge in [-0.2, -0.15) is 0 Å².